The lowest BCUT2D eigenvalue weighted by molar-refractivity contribution is -0.137. The molecule has 1 N–H and O–H groups in total. The number of hydrogen-bond acceptors (Lipinski definition) is 4. The number of hydrogen-bond donors (Lipinski definition) is 1. The topological polar surface area (TPSA) is 64.7 Å². The van der Waals surface area contributed by atoms with E-state index in [1.807, 2.05) is 23.1 Å². The molecule has 0 aliphatic heterocycles. The summed E-state index contributed by atoms with van der Waals surface area (Å²) in [5.41, 5.74) is 1.76. The van der Waals surface area contributed by atoms with E-state index in [0.29, 0.717) is 23.4 Å². The Balaban J connectivity index is 1.56. The third kappa shape index (κ3) is 3.66. The fraction of sp³-hybridized carbons (Fsp3) is 0.174. The molecule has 5 aromatic rings. The molecular weight excluding hydrogens is 451 g/mol. The zero-order valence-electron chi connectivity index (χ0n) is 17.6. The van der Waals surface area contributed by atoms with Crippen molar-refractivity contribution in [3.8, 4) is 5.69 Å². The van der Waals surface area contributed by atoms with Crippen LogP contribution >= 0.6 is 11.5 Å². The van der Waals surface area contributed by atoms with Crippen molar-refractivity contribution in [3.05, 3.63) is 76.7 Å². The second-order valence-corrected chi connectivity index (χ2v) is 8.66. The van der Waals surface area contributed by atoms with Gasteiger partial charge in [0.2, 0.25) is 0 Å². The molecule has 6 nitrogen and oxygen atoms in total. The van der Waals surface area contributed by atoms with Crippen LogP contribution in [0.2, 0.25) is 0 Å². The van der Waals surface area contributed by atoms with Crippen LogP contribution in [0.1, 0.15) is 26.6 Å². The molecule has 2 aromatic carbocycles. The highest BCUT2D eigenvalue weighted by atomic mass is 32.1. The maximum absolute atomic E-state index is 13.0. The normalized spacial score (nSPS) is 12.0. The van der Waals surface area contributed by atoms with Crippen LogP contribution in [0.5, 0.6) is 0 Å². The number of halogens is 3. The van der Waals surface area contributed by atoms with Crippen molar-refractivity contribution in [2.75, 3.05) is 0 Å². The van der Waals surface area contributed by atoms with Crippen molar-refractivity contribution in [3.63, 3.8) is 0 Å². The third-order valence-electron chi connectivity index (χ3n) is 5.61. The van der Waals surface area contributed by atoms with Crippen molar-refractivity contribution in [1.29, 1.82) is 0 Å². The van der Waals surface area contributed by atoms with Crippen molar-refractivity contribution in [2.45, 2.75) is 19.6 Å². The Morgan fingerprint density at radius 1 is 1.15 bits per heavy atom. The first-order valence-electron chi connectivity index (χ1n) is 10.1. The molecule has 0 aliphatic rings. The zero-order valence-corrected chi connectivity index (χ0v) is 18.5. The van der Waals surface area contributed by atoms with Gasteiger partial charge in [-0.25, -0.2) is 4.98 Å². The lowest BCUT2D eigenvalue weighted by atomic mass is 10.1. The van der Waals surface area contributed by atoms with Crippen molar-refractivity contribution < 1.29 is 18.0 Å². The molecule has 0 fully saturated rings. The predicted molar refractivity (Wildman–Crippen MR) is 121 cm³/mol. The molecule has 0 unspecified atom stereocenters. The highest BCUT2D eigenvalue weighted by Crippen LogP contribution is 2.37. The van der Waals surface area contributed by atoms with Gasteiger partial charge in [-0.2, -0.15) is 17.5 Å². The first kappa shape index (κ1) is 21.2. The molecular formula is C23H18F3N5OS. The van der Waals surface area contributed by atoms with Gasteiger partial charge >= 0.3 is 6.18 Å². The fourth-order valence-corrected chi connectivity index (χ4v) is 4.59. The summed E-state index contributed by atoms with van der Waals surface area (Å²) in [6.07, 6.45) is -0.928. The number of fused-ring (bicyclic) bond motifs is 3. The van der Waals surface area contributed by atoms with Crippen LogP contribution in [-0.4, -0.2) is 24.4 Å². The lowest BCUT2D eigenvalue weighted by Crippen LogP contribution is -2.24. The summed E-state index contributed by atoms with van der Waals surface area (Å²) in [5, 5.41) is 4.58. The summed E-state index contributed by atoms with van der Waals surface area (Å²) in [6, 6.07) is 10.3. The fourth-order valence-electron chi connectivity index (χ4n) is 3.90. The van der Waals surface area contributed by atoms with E-state index < -0.39 is 11.7 Å². The summed E-state index contributed by atoms with van der Waals surface area (Å²) in [7, 11) is 1.85. The molecule has 33 heavy (non-hydrogen) atoms. The number of nitrogens with one attached hydrogen (secondary N) is 1. The SMILES string of the molecule is Cc1snc2c1c1cc(C(=O)NCc3nccn3C)ccc1n2-c1ccc(C(F)(F)F)cc1. The van der Waals surface area contributed by atoms with Crippen molar-refractivity contribution >= 4 is 39.4 Å². The quantitative estimate of drug-likeness (QED) is 0.392. The van der Waals surface area contributed by atoms with Crippen LogP contribution in [0, 0.1) is 6.92 Å². The van der Waals surface area contributed by atoms with Crippen molar-refractivity contribution in [1.82, 2.24) is 23.8 Å². The van der Waals surface area contributed by atoms with Gasteiger partial charge in [0, 0.05) is 46.3 Å². The number of benzene rings is 2. The van der Waals surface area contributed by atoms with E-state index in [1.165, 1.54) is 23.7 Å². The second kappa shape index (κ2) is 7.73. The Morgan fingerprint density at radius 2 is 1.91 bits per heavy atom. The van der Waals surface area contributed by atoms with E-state index in [2.05, 4.69) is 14.7 Å². The number of alkyl halides is 3. The molecule has 0 saturated heterocycles. The van der Waals surface area contributed by atoms with Crippen LogP contribution in [0.3, 0.4) is 0 Å². The van der Waals surface area contributed by atoms with Crippen molar-refractivity contribution in [2.24, 2.45) is 7.05 Å². The minimum atomic E-state index is -4.40. The smallest absolute Gasteiger partial charge is 0.345 e. The molecule has 0 saturated carbocycles. The van der Waals surface area contributed by atoms with Crippen LogP contribution in [-0.2, 0) is 19.8 Å². The van der Waals surface area contributed by atoms with E-state index in [4.69, 9.17) is 0 Å². The monoisotopic (exact) mass is 469 g/mol. The molecule has 3 heterocycles. The summed E-state index contributed by atoms with van der Waals surface area (Å²) >= 11 is 1.32. The highest BCUT2D eigenvalue weighted by molar-refractivity contribution is 7.07. The van der Waals surface area contributed by atoms with Crippen LogP contribution in [0.15, 0.2) is 54.9 Å². The first-order chi connectivity index (χ1) is 15.7. The first-order valence-corrected chi connectivity index (χ1v) is 10.8. The minimum absolute atomic E-state index is 0.240. The molecule has 0 atom stereocenters. The van der Waals surface area contributed by atoms with Gasteiger partial charge in [0.25, 0.3) is 5.91 Å². The average Bonchev–Trinajstić information content (AvgIpc) is 3.46. The molecule has 3 aromatic heterocycles. The van der Waals surface area contributed by atoms with E-state index in [-0.39, 0.29) is 5.91 Å². The largest absolute Gasteiger partial charge is 0.416 e. The van der Waals surface area contributed by atoms with E-state index in [1.54, 1.807) is 30.6 Å². The maximum atomic E-state index is 13.0. The second-order valence-electron chi connectivity index (χ2n) is 7.69. The number of nitrogens with zero attached hydrogens (tertiary/aromatic N) is 4. The lowest BCUT2D eigenvalue weighted by Gasteiger charge is -2.10. The Hall–Kier alpha value is -3.66. The number of aryl methyl sites for hydroxylation is 2. The summed E-state index contributed by atoms with van der Waals surface area (Å²) in [5.74, 6) is 0.495. The average molecular weight is 469 g/mol. The molecule has 0 aliphatic carbocycles. The Labute approximate surface area is 190 Å². The third-order valence-corrected chi connectivity index (χ3v) is 6.35. The van der Waals surface area contributed by atoms with Gasteiger partial charge in [-0.3, -0.25) is 9.36 Å². The highest BCUT2D eigenvalue weighted by Gasteiger charge is 2.30. The van der Waals surface area contributed by atoms with Crippen LogP contribution < -0.4 is 5.32 Å². The van der Waals surface area contributed by atoms with Gasteiger partial charge < -0.3 is 9.88 Å². The number of carbonyl (C=O) groups excluding carboxylic acids is 1. The van der Waals surface area contributed by atoms with E-state index in [0.717, 1.165) is 39.1 Å². The molecule has 0 bridgehead atoms. The molecule has 0 spiro atoms. The molecule has 5 rings (SSSR count). The van der Waals surface area contributed by atoms with Gasteiger partial charge in [-0.15, -0.1) is 0 Å². The van der Waals surface area contributed by atoms with Gasteiger partial charge in [0.15, 0.2) is 5.65 Å². The van der Waals surface area contributed by atoms with Gasteiger partial charge in [-0.1, -0.05) is 0 Å². The van der Waals surface area contributed by atoms with Gasteiger partial charge in [0.1, 0.15) is 5.82 Å². The number of imidazole rings is 1. The molecule has 1 amide bonds. The molecule has 10 heteroatoms. The van der Waals surface area contributed by atoms with Gasteiger partial charge in [-0.05, 0) is 60.9 Å². The van der Waals surface area contributed by atoms with Crippen LogP contribution in [0.25, 0.3) is 27.6 Å². The van der Waals surface area contributed by atoms with E-state index in [9.17, 15) is 18.0 Å². The van der Waals surface area contributed by atoms with Gasteiger partial charge in [0.05, 0.1) is 17.6 Å². The summed E-state index contributed by atoms with van der Waals surface area (Å²) in [6.45, 7) is 2.23. The van der Waals surface area contributed by atoms with Crippen LogP contribution in [0.4, 0.5) is 13.2 Å². The summed E-state index contributed by atoms with van der Waals surface area (Å²) < 4.78 is 47.2. The summed E-state index contributed by atoms with van der Waals surface area (Å²) in [4.78, 5) is 18.0. The zero-order chi connectivity index (χ0) is 23.3. The Kier molecular flexibility index (Phi) is 4.97. The standard InChI is InChI=1S/C23H18F3N5OS/c1-13-20-17-11-14(22(32)28-12-19-27-9-10-30(19)2)3-8-18(17)31(21(20)29-33-13)16-6-4-15(5-7-16)23(24,25)26/h3-11H,12H2,1-2H3,(H,28,32). The number of rotatable bonds is 4. The minimum Gasteiger partial charge on any atom is -0.345 e. The number of aromatic nitrogens is 4. The maximum Gasteiger partial charge on any atom is 0.416 e. The molecule has 0 radical (unpaired) electrons. The number of amides is 1. The molecule has 168 valence electrons. The predicted octanol–water partition coefficient (Wildman–Crippen LogP) is 5.23. The Bertz CT molecular complexity index is 1490. The van der Waals surface area contributed by atoms with E-state index >= 15 is 0 Å². The number of carbonyl (C=O) groups is 1. The Morgan fingerprint density at radius 3 is 2.58 bits per heavy atom.